The van der Waals surface area contributed by atoms with Crippen LogP contribution in [0.1, 0.15) is 25.3 Å². The summed E-state index contributed by atoms with van der Waals surface area (Å²) in [6.07, 6.45) is 5.27. The molecule has 1 fully saturated rings. The van der Waals surface area contributed by atoms with E-state index in [0.717, 1.165) is 35.3 Å². The molecule has 0 unspecified atom stereocenters. The molecule has 0 saturated carbocycles. The van der Waals surface area contributed by atoms with Crippen LogP contribution in [0, 0.1) is 0 Å². The number of para-hydroxylation sites is 1. The number of nitrogens with zero attached hydrogens (tertiary/aromatic N) is 3. The molecule has 3 aromatic rings. The van der Waals surface area contributed by atoms with Gasteiger partial charge in [0.15, 0.2) is 0 Å². The summed E-state index contributed by atoms with van der Waals surface area (Å²) in [5.74, 6) is 0.0734. The first kappa shape index (κ1) is 20.2. The zero-order chi connectivity index (χ0) is 22.1. The number of hydrogen-bond acceptors (Lipinski definition) is 3. The number of urea groups is 1. The lowest BCUT2D eigenvalue weighted by Gasteiger charge is -2.39. The van der Waals surface area contributed by atoms with Crippen LogP contribution in [0.2, 0.25) is 0 Å². The van der Waals surface area contributed by atoms with Gasteiger partial charge >= 0.3 is 6.03 Å². The minimum Gasteiger partial charge on any atom is -0.324 e. The number of rotatable bonds is 2. The Labute approximate surface area is 187 Å². The summed E-state index contributed by atoms with van der Waals surface area (Å²) in [6, 6.07) is 19.8. The molecule has 3 amide bonds. The smallest absolute Gasteiger partial charge is 0.321 e. The van der Waals surface area contributed by atoms with Crippen LogP contribution in [0.3, 0.4) is 0 Å². The quantitative estimate of drug-likeness (QED) is 0.647. The van der Waals surface area contributed by atoms with E-state index >= 15 is 0 Å². The fourth-order valence-electron chi connectivity index (χ4n) is 4.96. The Balaban J connectivity index is 1.24. The maximum Gasteiger partial charge on any atom is 0.321 e. The number of aromatic nitrogens is 1. The summed E-state index contributed by atoms with van der Waals surface area (Å²) < 4.78 is 0. The van der Waals surface area contributed by atoms with Gasteiger partial charge in [0.1, 0.15) is 0 Å². The molecule has 1 spiro atoms. The van der Waals surface area contributed by atoms with E-state index in [0.29, 0.717) is 19.6 Å². The van der Waals surface area contributed by atoms with Gasteiger partial charge in [-0.1, -0.05) is 36.4 Å². The van der Waals surface area contributed by atoms with E-state index < -0.39 is 0 Å². The van der Waals surface area contributed by atoms with Crippen LogP contribution in [0.25, 0.3) is 11.1 Å². The first-order valence-electron chi connectivity index (χ1n) is 11.0. The Bertz CT molecular complexity index is 1140. The van der Waals surface area contributed by atoms with Gasteiger partial charge in [-0.05, 0) is 53.8 Å². The number of nitrogens with one attached hydrogen (secondary N) is 1. The number of fused-ring (bicyclic) bond motifs is 2. The van der Waals surface area contributed by atoms with Gasteiger partial charge in [-0.15, -0.1) is 0 Å². The van der Waals surface area contributed by atoms with E-state index in [1.165, 1.54) is 5.56 Å². The molecule has 3 heterocycles. The summed E-state index contributed by atoms with van der Waals surface area (Å²) in [6.45, 7) is 3.66. The van der Waals surface area contributed by atoms with E-state index in [1.807, 2.05) is 70.6 Å². The summed E-state index contributed by atoms with van der Waals surface area (Å²) in [5, 5.41) is 3.02. The van der Waals surface area contributed by atoms with Crippen LogP contribution in [0.5, 0.6) is 0 Å². The molecule has 6 heteroatoms. The van der Waals surface area contributed by atoms with Gasteiger partial charge in [0.25, 0.3) is 0 Å². The molecule has 0 radical (unpaired) electrons. The Hall–Kier alpha value is -3.67. The molecule has 2 aliphatic rings. The second kappa shape index (κ2) is 8.11. The number of benzene rings is 2. The summed E-state index contributed by atoms with van der Waals surface area (Å²) in [4.78, 5) is 33.0. The van der Waals surface area contributed by atoms with Gasteiger partial charge in [-0.3, -0.25) is 9.78 Å². The van der Waals surface area contributed by atoms with Gasteiger partial charge in [0.05, 0.1) is 0 Å². The highest BCUT2D eigenvalue weighted by atomic mass is 16.2. The van der Waals surface area contributed by atoms with Crippen molar-refractivity contribution in [1.29, 1.82) is 0 Å². The van der Waals surface area contributed by atoms with Gasteiger partial charge in [-0.2, -0.15) is 0 Å². The molecule has 2 aliphatic heterocycles. The van der Waals surface area contributed by atoms with Crippen LogP contribution in [0.15, 0.2) is 73.1 Å². The third-order valence-electron chi connectivity index (χ3n) is 6.75. The van der Waals surface area contributed by atoms with Gasteiger partial charge < -0.3 is 15.1 Å². The van der Waals surface area contributed by atoms with Gasteiger partial charge in [0.2, 0.25) is 5.91 Å². The third-order valence-corrected chi connectivity index (χ3v) is 6.75. The molecule has 162 valence electrons. The minimum absolute atomic E-state index is 0.0651. The van der Waals surface area contributed by atoms with Crippen LogP contribution in [-0.2, 0) is 10.2 Å². The third kappa shape index (κ3) is 3.62. The van der Waals surface area contributed by atoms with Crippen molar-refractivity contribution in [1.82, 2.24) is 9.88 Å². The lowest BCUT2D eigenvalue weighted by molar-refractivity contribution is -0.116. The predicted octanol–water partition coefficient (Wildman–Crippen LogP) is 4.68. The van der Waals surface area contributed by atoms with Crippen LogP contribution >= 0.6 is 0 Å². The Morgan fingerprint density at radius 1 is 0.938 bits per heavy atom. The molecule has 2 aromatic carbocycles. The fourth-order valence-corrected chi connectivity index (χ4v) is 4.96. The fraction of sp³-hybridized carbons (Fsp3) is 0.269. The molecule has 0 bridgehead atoms. The largest absolute Gasteiger partial charge is 0.324 e. The Morgan fingerprint density at radius 2 is 1.69 bits per heavy atom. The van der Waals surface area contributed by atoms with E-state index in [9.17, 15) is 9.59 Å². The highest BCUT2D eigenvalue weighted by Gasteiger charge is 2.46. The summed E-state index contributed by atoms with van der Waals surface area (Å²) in [7, 11) is 0. The second-order valence-electron chi connectivity index (χ2n) is 8.64. The topological polar surface area (TPSA) is 65.5 Å². The molecule has 1 N–H and O–H groups in total. The maximum absolute atomic E-state index is 12.9. The lowest BCUT2D eigenvalue weighted by Crippen LogP contribution is -2.48. The minimum atomic E-state index is -0.0799. The molecule has 0 aliphatic carbocycles. The van der Waals surface area contributed by atoms with Crippen LogP contribution in [-0.4, -0.2) is 41.5 Å². The Kier molecular flexibility index (Phi) is 5.13. The van der Waals surface area contributed by atoms with Crippen molar-refractivity contribution in [2.24, 2.45) is 0 Å². The number of amides is 3. The van der Waals surface area contributed by atoms with Crippen molar-refractivity contribution in [2.45, 2.75) is 25.2 Å². The highest BCUT2D eigenvalue weighted by molar-refractivity contribution is 5.95. The van der Waals surface area contributed by atoms with E-state index in [1.54, 1.807) is 13.1 Å². The molecule has 6 nitrogen and oxygen atoms in total. The Morgan fingerprint density at radius 3 is 2.38 bits per heavy atom. The molecular weight excluding hydrogens is 400 g/mol. The van der Waals surface area contributed by atoms with E-state index in [2.05, 4.69) is 16.4 Å². The number of carbonyl (C=O) groups excluding carboxylic acids is 2. The number of pyridine rings is 1. The average molecular weight is 427 g/mol. The van der Waals surface area contributed by atoms with Crippen molar-refractivity contribution in [3.63, 3.8) is 0 Å². The van der Waals surface area contributed by atoms with Crippen molar-refractivity contribution < 1.29 is 9.59 Å². The van der Waals surface area contributed by atoms with E-state index in [-0.39, 0.29) is 17.4 Å². The molecule has 32 heavy (non-hydrogen) atoms. The number of hydrogen-bond donors (Lipinski definition) is 1. The number of carbonyl (C=O) groups is 2. The summed E-state index contributed by atoms with van der Waals surface area (Å²) >= 11 is 0. The molecule has 1 aromatic heterocycles. The standard InChI is InChI=1S/C26H26N4O2/c1-19(31)30-18-26(23-6-2-3-7-24(23)30)12-15-29(16-13-26)25(32)28-22-10-8-20(9-11-22)21-5-4-14-27-17-21/h2-11,14,17H,12-13,15-16,18H2,1H3,(H,28,32). The first-order chi connectivity index (χ1) is 15.6. The molecule has 1 saturated heterocycles. The summed E-state index contributed by atoms with van der Waals surface area (Å²) in [5.41, 5.74) is 5.07. The van der Waals surface area contributed by atoms with Crippen LogP contribution < -0.4 is 10.2 Å². The van der Waals surface area contributed by atoms with Crippen molar-refractivity contribution >= 4 is 23.3 Å². The molecule has 0 atom stereocenters. The second-order valence-corrected chi connectivity index (χ2v) is 8.64. The van der Waals surface area contributed by atoms with Gasteiger partial charge in [0, 0.05) is 55.7 Å². The predicted molar refractivity (Wildman–Crippen MR) is 126 cm³/mol. The first-order valence-corrected chi connectivity index (χ1v) is 11.0. The SMILES string of the molecule is CC(=O)N1CC2(CCN(C(=O)Nc3ccc(-c4cccnc4)cc3)CC2)c2ccccc21. The monoisotopic (exact) mass is 426 g/mol. The average Bonchev–Trinajstić information content (AvgIpc) is 3.15. The van der Waals surface area contributed by atoms with Crippen molar-refractivity contribution in [3.05, 3.63) is 78.6 Å². The van der Waals surface area contributed by atoms with Crippen molar-refractivity contribution in [2.75, 3.05) is 29.9 Å². The van der Waals surface area contributed by atoms with E-state index in [4.69, 9.17) is 0 Å². The highest BCUT2D eigenvalue weighted by Crippen LogP contribution is 2.47. The zero-order valence-corrected chi connectivity index (χ0v) is 18.1. The van der Waals surface area contributed by atoms with Crippen LogP contribution in [0.4, 0.5) is 16.2 Å². The zero-order valence-electron chi connectivity index (χ0n) is 18.1. The number of anilines is 2. The van der Waals surface area contributed by atoms with Crippen molar-refractivity contribution in [3.8, 4) is 11.1 Å². The number of likely N-dealkylation sites (tertiary alicyclic amines) is 1. The number of piperidine rings is 1. The molecular formula is C26H26N4O2. The lowest BCUT2D eigenvalue weighted by atomic mass is 9.74. The normalized spacial score (nSPS) is 16.7. The van der Waals surface area contributed by atoms with Gasteiger partial charge in [-0.25, -0.2) is 4.79 Å². The molecule has 5 rings (SSSR count). The maximum atomic E-state index is 12.9.